The number of carbonyl (C=O) groups is 3. The highest BCUT2D eigenvalue weighted by Crippen LogP contribution is 2.21. The van der Waals surface area contributed by atoms with Crippen LogP contribution in [0, 0.1) is 0 Å². The van der Waals surface area contributed by atoms with E-state index in [9.17, 15) is 14.4 Å². The molecule has 32 heavy (non-hydrogen) atoms. The molecule has 0 atom stereocenters. The number of carboxylic acid groups (broad SMARTS) is 1. The SMILES string of the molecule is C=Cc1cccc(NC(=O)c2ccccc2C(=O)c2ccc3nc(NC(=O)O)[nH]c3c2)c1. The van der Waals surface area contributed by atoms with Crippen molar-refractivity contribution in [2.45, 2.75) is 0 Å². The Balaban J connectivity index is 1.64. The van der Waals surface area contributed by atoms with Gasteiger partial charge in [-0.3, -0.25) is 14.9 Å². The van der Waals surface area contributed by atoms with Crippen LogP contribution in [0.1, 0.15) is 31.8 Å². The van der Waals surface area contributed by atoms with E-state index in [1.807, 2.05) is 6.07 Å². The van der Waals surface area contributed by atoms with Crippen molar-refractivity contribution in [1.29, 1.82) is 0 Å². The van der Waals surface area contributed by atoms with E-state index in [1.54, 1.807) is 66.7 Å². The first-order valence-corrected chi connectivity index (χ1v) is 9.62. The maximum absolute atomic E-state index is 13.2. The zero-order valence-electron chi connectivity index (χ0n) is 16.8. The van der Waals surface area contributed by atoms with Crippen LogP contribution < -0.4 is 10.6 Å². The van der Waals surface area contributed by atoms with Gasteiger partial charge in [-0.1, -0.05) is 43.0 Å². The van der Waals surface area contributed by atoms with E-state index in [2.05, 4.69) is 27.2 Å². The highest BCUT2D eigenvalue weighted by atomic mass is 16.4. The second-order valence-corrected chi connectivity index (χ2v) is 6.91. The standard InChI is InChI=1S/C24H18N4O4/c1-2-14-6-5-7-16(12-14)25-22(30)18-9-4-3-8-17(18)21(29)15-10-11-19-20(13-15)27-23(26-19)28-24(31)32/h2-13H,1H2,(H,25,30)(H,31,32)(H2,26,27,28). The Hall–Kier alpha value is -4.72. The molecule has 0 saturated carbocycles. The van der Waals surface area contributed by atoms with Crippen LogP contribution >= 0.6 is 0 Å². The largest absolute Gasteiger partial charge is 0.465 e. The summed E-state index contributed by atoms with van der Waals surface area (Å²) in [5.74, 6) is -0.704. The van der Waals surface area contributed by atoms with Gasteiger partial charge < -0.3 is 15.4 Å². The summed E-state index contributed by atoms with van der Waals surface area (Å²) in [6, 6.07) is 18.5. The third-order valence-electron chi connectivity index (χ3n) is 4.77. The summed E-state index contributed by atoms with van der Waals surface area (Å²) in [6.45, 7) is 3.72. The molecule has 8 nitrogen and oxygen atoms in total. The lowest BCUT2D eigenvalue weighted by atomic mass is 9.97. The molecule has 0 spiro atoms. The minimum absolute atomic E-state index is 0.0543. The number of anilines is 2. The molecule has 2 amide bonds. The molecule has 3 aromatic carbocycles. The number of H-pyrrole nitrogens is 1. The fraction of sp³-hybridized carbons (Fsp3) is 0. The van der Waals surface area contributed by atoms with E-state index in [4.69, 9.17) is 5.11 Å². The highest BCUT2D eigenvalue weighted by Gasteiger charge is 2.19. The number of hydrogen-bond acceptors (Lipinski definition) is 4. The van der Waals surface area contributed by atoms with Gasteiger partial charge in [0.1, 0.15) is 0 Å². The van der Waals surface area contributed by atoms with Gasteiger partial charge in [-0.05, 0) is 42.0 Å². The molecule has 4 aromatic rings. The molecule has 1 heterocycles. The van der Waals surface area contributed by atoms with E-state index in [0.717, 1.165) is 5.56 Å². The normalized spacial score (nSPS) is 10.5. The summed E-state index contributed by atoms with van der Waals surface area (Å²) in [5, 5.41) is 13.8. The van der Waals surface area contributed by atoms with Crippen molar-refractivity contribution in [1.82, 2.24) is 9.97 Å². The van der Waals surface area contributed by atoms with E-state index in [1.165, 1.54) is 0 Å². The Labute approximate surface area is 182 Å². The van der Waals surface area contributed by atoms with Crippen LogP contribution in [-0.2, 0) is 0 Å². The zero-order valence-corrected chi connectivity index (χ0v) is 16.8. The summed E-state index contributed by atoms with van der Waals surface area (Å²) in [7, 11) is 0. The van der Waals surface area contributed by atoms with Gasteiger partial charge in [0.2, 0.25) is 5.95 Å². The van der Waals surface area contributed by atoms with Gasteiger partial charge >= 0.3 is 6.09 Å². The number of nitrogens with one attached hydrogen (secondary N) is 3. The first-order valence-electron chi connectivity index (χ1n) is 9.62. The number of aromatic amines is 1. The number of nitrogens with zero attached hydrogens (tertiary/aromatic N) is 1. The monoisotopic (exact) mass is 426 g/mol. The van der Waals surface area contributed by atoms with Crippen LogP contribution in [0.15, 0.2) is 73.3 Å². The summed E-state index contributed by atoms with van der Waals surface area (Å²) in [4.78, 5) is 43.9. The quantitative estimate of drug-likeness (QED) is 0.330. The zero-order chi connectivity index (χ0) is 22.7. The fourth-order valence-corrected chi connectivity index (χ4v) is 3.29. The van der Waals surface area contributed by atoms with Crippen LogP contribution in [0.5, 0.6) is 0 Å². The van der Waals surface area contributed by atoms with Crippen molar-refractivity contribution in [3.63, 3.8) is 0 Å². The summed E-state index contributed by atoms with van der Waals surface area (Å²) in [5.41, 5.74) is 3.24. The lowest BCUT2D eigenvalue weighted by Crippen LogP contribution is -2.17. The minimum Gasteiger partial charge on any atom is -0.465 e. The minimum atomic E-state index is -1.25. The van der Waals surface area contributed by atoms with E-state index in [0.29, 0.717) is 22.3 Å². The van der Waals surface area contributed by atoms with E-state index in [-0.39, 0.29) is 22.9 Å². The van der Waals surface area contributed by atoms with Gasteiger partial charge in [-0.15, -0.1) is 0 Å². The van der Waals surface area contributed by atoms with Crippen LogP contribution in [-0.4, -0.2) is 32.9 Å². The lowest BCUT2D eigenvalue weighted by molar-refractivity contribution is 0.0996. The number of benzene rings is 3. The molecule has 0 radical (unpaired) electrons. The summed E-state index contributed by atoms with van der Waals surface area (Å²) >= 11 is 0. The van der Waals surface area contributed by atoms with Crippen molar-refractivity contribution in [2.24, 2.45) is 0 Å². The Kier molecular flexibility index (Phi) is 5.50. The van der Waals surface area contributed by atoms with Crippen LogP contribution in [0.4, 0.5) is 16.4 Å². The van der Waals surface area contributed by atoms with Gasteiger partial charge in [0, 0.05) is 16.8 Å². The van der Waals surface area contributed by atoms with Crippen LogP contribution in [0.3, 0.4) is 0 Å². The van der Waals surface area contributed by atoms with Gasteiger partial charge in [-0.2, -0.15) is 0 Å². The number of imidazole rings is 1. The Morgan fingerprint density at radius 1 is 0.938 bits per heavy atom. The number of fused-ring (bicyclic) bond motifs is 1. The van der Waals surface area contributed by atoms with Gasteiger partial charge in [0.15, 0.2) is 5.78 Å². The third-order valence-corrected chi connectivity index (χ3v) is 4.77. The predicted octanol–water partition coefficient (Wildman–Crippen LogP) is 4.78. The van der Waals surface area contributed by atoms with Crippen LogP contribution in [0.25, 0.3) is 17.1 Å². The number of amides is 2. The van der Waals surface area contributed by atoms with Crippen molar-refractivity contribution < 1.29 is 19.5 Å². The molecular weight excluding hydrogens is 408 g/mol. The molecule has 1 aromatic heterocycles. The van der Waals surface area contributed by atoms with Gasteiger partial charge in [0.05, 0.1) is 16.6 Å². The van der Waals surface area contributed by atoms with Crippen molar-refractivity contribution in [3.05, 3.63) is 95.6 Å². The smallest absolute Gasteiger partial charge is 0.411 e. The number of carbonyl (C=O) groups excluding carboxylic acids is 2. The first-order chi connectivity index (χ1) is 15.4. The fourth-order valence-electron chi connectivity index (χ4n) is 3.29. The molecule has 0 aliphatic heterocycles. The van der Waals surface area contributed by atoms with Gasteiger partial charge in [0.25, 0.3) is 5.91 Å². The van der Waals surface area contributed by atoms with E-state index < -0.39 is 12.0 Å². The molecular formula is C24H18N4O4. The summed E-state index contributed by atoms with van der Waals surface area (Å²) in [6.07, 6.45) is 0.426. The molecule has 4 rings (SSSR count). The Morgan fingerprint density at radius 3 is 2.47 bits per heavy atom. The average Bonchev–Trinajstić information content (AvgIpc) is 3.19. The molecule has 0 fully saturated rings. The molecule has 158 valence electrons. The highest BCUT2D eigenvalue weighted by molar-refractivity contribution is 6.18. The Morgan fingerprint density at radius 2 is 1.72 bits per heavy atom. The predicted molar refractivity (Wildman–Crippen MR) is 122 cm³/mol. The van der Waals surface area contributed by atoms with Crippen molar-refractivity contribution in [3.8, 4) is 0 Å². The number of ketones is 1. The molecule has 0 aliphatic rings. The maximum Gasteiger partial charge on any atom is 0.411 e. The second-order valence-electron chi connectivity index (χ2n) is 6.91. The van der Waals surface area contributed by atoms with Crippen molar-refractivity contribution in [2.75, 3.05) is 10.6 Å². The molecule has 0 bridgehead atoms. The van der Waals surface area contributed by atoms with Crippen molar-refractivity contribution >= 4 is 46.5 Å². The number of aromatic nitrogens is 2. The molecule has 0 unspecified atom stereocenters. The van der Waals surface area contributed by atoms with E-state index >= 15 is 0 Å². The Bertz CT molecular complexity index is 1370. The van der Waals surface area contributed by atoms with Crippen LogP contribution in [0.2, 0.25) is 0 Å². The first kappa shape index (κ1) is 20.5. The van der Waals surface area contributed by atoms with Gasteiger partial charge in [-0.25, -0.2) is 9.78 Å². The summed E-state index contributed by atoms with van der Waals surface area (Å²) < 4.78 is 0. The lowest BCUT2D eigenvalue weighted by Gasteiger charge is -2.10. The molecule has 8 heteroatoms. The average molecular weight is 426 g/mol. The molecule has 0 aliphatic carbocycles. The third kappa shape index (κ3) is 4.24. The molecule has 4 N–H and O–H groups in total. The maximum atomic E-state index is 13.2. The number of rotatable bonds is 6. The second kappa shape index (κ2) is 8.57. The topological polar surface area (TPSA) is 124 Å². The number of hydrogen-bond donors (Lipinski definition) is 4. The molecule has 0 saturated heterocycles.